The summed E-state index contributed by atoms with van der Waals surface area (Å²) in [6.07, 6.45) is 1.56. The summed E-state index contributed by atoms with van der Waals surface area (Å²) in [5.74, 6) is 0.563. The van der Waals surface area contributed by atoms with Gasteiger partial charge in [-0.15, -0.1) is 11.6 Å². The van der Waals surface area contributed by atoms with Gasteiger partial charge in [0.2, 0.25) is 0 Å². The lowest BCUT2D eigenvalue weighted by atomic mass is 9.91. The fourth-order valence-corrected chi connectivity index (χ4v) is 3.11. The van der Waals surface area contributed by atoms with Crippen LogP contribution < -0.4 is 4.74 Å². The van der Waals surface area contributed by atoms with Gasteiger partial charge in [-0.2, -0.15) is 0 Å². The van der Waals surface area contributed by atoms with Gasteiger partial charge >= 0.3 is 0 Å². The first-order valence-corrected chi connectivity index (χ1v) is 8.08. The van der Waals surface area contributed by atoms with Crippen LogP contribution in [0.2, 0.25) is 10.0 Å². The summed E-state index contributed by atoms with van der Waals surface area (Å²) in [4.78, 5) is 0. The van der Waals surface area contributed by atoms with E-state index in [1.54, 1.807) is 12.1 Å². The summed E-state index contributed by atoms with van der Waals surface area (Å²) in [7, 11) is 0. The van der Waals surface area contributed by atoms with Crippen molar-refractivity contribution in [1.29, 1.82) is 0 Å². The van der Waals surface area contributed by atoms with Crippen LogP contribution in [0.25, 0.3) is 0 Å². The summed E-state index contributed by atoms with van der Waals surface area (Å²) < 4.78 is 12.3. The predicted octanol–water partition coefficient (Wildman–Crippen LogP) is 5.31. The maximum absolute atomic E-state index is 6.14. The van der Waals surface area contributed by atoms with Crippen LogP contribution in [-0.2, 0) is 4.74 Å². The van der Waals surface area contributed by atoms with Gasteiger partial charge in [0.25, 0.3) is 0 Å². The van der Waals surface area contributed by atoms with E-state index in [4.69, 9.17) is 44.3 Å². The molecule has 0 spiro atoms. The van der Waals surface area contributed by atoms with Crippen LogP contribution in [0.4, 0.5) is 0 Å². The molecule has 3 unspecified atom stereocenters. The lowest BCUT2D eigenvalue weighted by molar-refractivity contribution is -0.0797. The standard InChI is InChI=1S/C13H14BrCl3O2/c1-2-3-18-13-10(17)6-12(13)19-11-5-8(15)7(14)4-9(11)16/h4-5,10,12-13H,2-3,6H2,1H3. The van der Waals surface area contributed by atoms with Crippen molar-refractivity contribution >= 4 is 50.7 Å². The molecule has 1 aliphatic carbocycles. The molecule has 6 heteroatoms. The Morgan fingerprint density at radius 3 is 2.68 bits per heavy atom. The van der Waals surface area contributed by atoms with Crippen molar-refractivity contribution in [3.05, 3.63) is 26.7 Å². The van der Waals surface area contributed by atoms with Crippen LogP contribution in [0.3, 0.4) is 0 Å². The molecule has 0 radical (unpaired) electrons. The van der Waals surface area contributed by atoms with E-state index in [1.165, 1.54) is 0 Å². The summed E-state index contributed by atoms with van der Waals surface area (Å²) >= 11 is 21.6. The highest BCUT2D eigenvalue weighted by Gasteiger charge is 2.43. The van der Waals surface area contributed by atoms with Crippen molar-refractivity contribution in [2.24, 2.45) is 0 Å². The maximum Gasteiger partial charge on any atom is 0.140 e. The van der Waals surface area contributed by atoms with Crippen LogP contribution in [-0.4, -0.2) is 24.2 Å². The molecule has 1 saturated carbocycles. The molecule has 1 aliphatic rings. The van der Waals surface area contributed by atoms with E-state index in [0.717, 1.165) is 17.3 Å². The van der Waals surface area contributed by atoms with Crippen LogP contribution in [0.15, 0.2) is 16.6 Å². The van der Waals surface area contributed by atoms with E-state index in [0.29, 0.717) is 22.4 Å². The molecule has 0 amide bonds. The zero-order chi connectivity index (χ0) is 14.0. The zero-order valence-corrected chi connectivity index (χ0v) is 14.2. The molecule has 19 heavy (non-hydrogen) atoms. The van der Waals surface area contributed by atoms with Crippen LogP contribution in [0.1, 0.15) is 19.8 Å². The fraction of sp³-hybridized carbons (Fsp3) is 0.538. The quantitative estimate of drug-likeness (QED) is 0.503. The van der Waals surface area contributed by atoms with E-state index in [9.17, 15) is 0 Å². The van der Waals surface area contributed by atoms with Crippen molar-refractivity contribution in [3.8, 4) is 5.75 Å². The summed E-state index contributed by atoms with van der Waals surface area (Å²) in [6.45, 7) is 2.74. The average Bonchev–Trinajstić information content (AvgIpc) is 2.35. The third-order valence-corrected chi connectivity index (χ3v) is 4.87. The van der Waals surface area contributed by atoms with Gasteiger partial charge in [0, 0.05) is 23.6 Å². The van der Waals surface area contributed by atoms with E-state index < -0.39 is 0 Å². The molecule has 1 aromatic rings. The van der Waals surface area contributed by atoms with E-state index >= 15 is 0 Å². The molecule has 2 rings (SSSR count). The molecule has 0 saturated heterocycles. The van der Waals surface area contributed by atoms with Crippen LogP contribution in [0, 0.1) is 0 Å². The van der Waals surface area contributed by atoms with Crippen molar-refractivity contribution in [3.63, 3.8) is 0 Å². The van der Waals surface area contributed by atoms with E-state index in [1.807, 2.05) is 0 Å². The summed E-state index contributed by atoms with van der Waals surface area (Å²) in [5, 5.41) is 1.08. The highest BCUT2D eigenvalue weighted by Crippen LogP contribution is 2.38. The monoisotopic (exact) mass is 386 g/mol. The second kappa shape index (κ2) is 6.86. The van der Waals surface area contributed by atoms with Gasteiger partial charge in [-0.05, 0) is 28.4 Å². The largest absolute Gasteiger partial charge is 0.486 e. The Morgan fingerprint density at radius 1 is 1.32 bits per heavy atom. The van der Waals surface area contributed by atoms with E-state index in [2.05, 4.69) is 22.9 Å². The van der Waals surface area contributed by atoms with Crippen molar-refractivity contribution in [2.45, 2.75) is 37.4 Å². The summed E-state index contributed by atoms with van der Waals surface area (Å²) in [6, 6.07) is 3.42. The Hall–Kier alpha value is 0.330. The molecule has 1 fully saturated rings. The van der Waals surface area contributed by atoms with Crippen LogP contribution in [0.5, 0.6) is 5.75 Å². The highest BCUT2D eigenvalue weighted by atomic mass is 79.9. The number of hydrogen-bond donors (Lipinski definition) is 0. The first-order chi connectivity index (χ1) is 9.02. The van der Waals surface area contributed by atoms with Gasteiger partial charge < -0.3 is 9.47 Å². The molecule has 2 nitrogen and oxygen atoms in total. The minimum atomic E-state index is -0.0832. The molecule has 1 aromatic carbocycles. The highest BCUT2D eigenvalue weighted by molar-refractivity contribution is 9.10. The van der Waals surface area contributed by atoms with Crippen LogP contribution >= 0.6 is 50.7 Å². The van der Waals surface area contributed by atoms with Crippen molar-refractivity contribution in [1.82, 2.24) is 0 Å². The maximum atomic E-state index is 6.14. The molecular formula is C13H14BrCl3O2. The Balaban J connectivity index is 2.03. The molecule has 0 N–H and O–H groups in total. The van der Waals surface area contributed by atoms with Gasteiger partial charge in [0.15, 0.2) is 0 Å². The molecule has 0 heterocycles. The molecule has 0 aromatic heterocycles. The Labute approximate surface area is 136 Å². The minimum absolute atomic E-state index is 0.00115. The average molecular weight is 389 g/mol. The molecule has 106 valence electrons. The van der Waals surface area contributed by atoms with E-state index in [-0.39, 0.29) is 17.6 Å². The third kappa shape index (κ3) is 3.70. The number of halogens is 4. The fourth-order valence-electron chi connectivity index (χ4n) is 1.87. The Kier molecular flexibility index (Phi) is 5.67. The minimum Gasteiger partial charge on any atom is -0.486 e. The smallest absolute Gasteiger partial charge is 0.140 e. The van der Waals surface area contributed by atoms with Crippen molar-refractivity contribution in [2.75, 3.05) is 6.61 Å². The Bertz CT molecular complexity index is 456. The number of alkyl halides is 1. The zero-order valence-electron chi connectivity index (χ0n) is 10.3. The predicted molar refractivity (Wildman–Crippen MR) is 82.9 cm³/mol. The van der Waals surface area contributed by atoms with Gasteiger partial charge in [0.05, 0.1) is 15.4 Å². The molecule has 0 bridgehead atoms. The third-order valence-electron chi connectivity index (χ3n) is 2.95. The second-order valence-electron chi connectivity index (χ2n) is 4.44. The Morgan fingerprint density at radius 2 is 2.05 bits per heavy atom. The van der Waals surface area contributed by atoms with Gasteiger partial charge in [-0.1, -0.05) is 30.1 Å². The number of hydrogen-bond acceptors (Lipinski definition) is 2. The topological polar surface area (TPSA) is 18.5 Å². The molecular weight excluding hydrogens is 374 g/mol. The first-order valence-electron chi connectivity index (χ1n) is 6.09. The molecule has 0 aliphatic heterocycles. The summed E-state index contributed by atoms with van der Waals surface area (Å²) in [5.41, 5.74) is 0. The lowest BCUT2D eigenvalue weighted by Gasteiger charge is -2.40. The number of rotatable bonds is 5. The van der Waals surface area contributed by atoms with Crippen molar-refractivity contribution < 1.29 is 9.47 Å². The first kappa shape index (κ1) is 15.7. The molecule has 3 atom stereocenters. The second-order valence-corrected chi connectivity index (χ2v) is 6.67. The SMILES string of the molecule is CCCOC1C(Cl)CC1Oc1cc(Cl)c(Br)cc1Cl. The normalized spacial score (nSPS) is 26.1. The number of benzene rings is 1. The number of ether oxygens (including phenoxy) is 2. The van der Waals surface area contributed by atoms with Gasteiger partial charge in [-0.3, -0.25) is 0 Å². The van der Waals surface area contributed by atoms with Gasteiger partial charge in [-0.25, -0.2) is 0 Å². The lowest BCUT2D eigenvalue weighted by Crippen LogP contribution is -2.52. The van der Waals surface area contributed by atoms with Gasteiger partial charge in [0.1, 0.15) is 18.0 Å².